The second-order valence-corrected chi connectivity index (χ2v) is 1.54. The van der Waals surface area contributed by atoms with Crippen LogP contribution in [0.5, 0.6) is 0 Å². The summed E-state index contributed by atoms with van der Waals surface area (Å²) in [7, 11) is -4.64. The summed E-state index contributed by atoms with van der Waals surface area (Å²) in [6.07, 6.45) is 0. The summed E-state index contributed by atoms with van der Waals surface area (Å²) in [5.74, 6) is 0. The summed E-state index contributed by atoms with van der Waals surface area (Å²) < 4.78 is 8.88. The van der Waals surface area contributed by atoms with Crippen LogP contribution in [-0.4, -0.2) is 37.5 Å². The van der Waals surface area contributed by atoms with E-state index in [-0.39, 0.29) is 53.8 Å². The van der Waals surface area contributed by atoms with Gasteiger partial charge in [-0.15, -0.1) is 0 Å². The largest absolute Gasteiger partial charge is 1.00 e. The molecule has 0 unspecified atom stereocenters. The topological polar surface area (TPSA) is 109 Å². The minimum Gasteiger partial charge on any atom is -1.00 e. The van der Waals surface area contributed by atoms with Crippen molar-refractivity contribution >= 4 is 25.2 Å². The van der Waals surface area contributed by atoms with E-state index >= 15 is 0 Å². The molecule has 48 valence electrons. The van der Waals surface area contributed by atoms with Gasteiger partial charge in [0.2, 0.25) is 0 Å². The molecule has 0 aromatic carbocycles. The molecule has 0 fully saturated rings. The van der Waals surface area contributed by atoms with Crippen LogP contribution in [0.25, 0.3) is 0 Å². The second kappa shape index (κ2) is 8.60. The van der Waals surface area contributed by atoms with Crippen LogP contribution in [0.1, 0.15) is 1.43 Å². The molecular weight excluding hydrogens is 161 g/mol. The summed E-state index contributed by atoms with van der Waals surface area (Å²) in [5, 5.41) is 0. The molecule has 5 N–H and O–H groups in total. The molecule has 0 aromatic rings. The molecule has 8 heteroatoms. The van der Waals surface area contributed by atoms with Crippen molar-refractivity contribution in [3.05, 3.63) is 0 Å². The van der Waals surface area contributed by atoms with Gasteiger partial charge in [-0.3, -0.25) is 0 Å². The predicted octanol–water partition coefficient (Wildman–Crippen LogP) is -5.82. The Morgan fingerprint density at radius 2 is 1.25 bits per heavy atom. The van der Waals surface area contributed by atoms with Crippen molar-refractivity contribution in [2.45, 2.75) is 0 Å². The van der Waals surface area contributed by atoms with E-state index in [9.17, 15) is 0 Å². The van der Waals surface area contributed by atoms with Crippen LogP contribution < -0.4 is 29.6 Å². The Morgan fingerprint density at radius 1 is 1.25 bits per heavy atom. The standard InChI is InChI=1S/Al.Na.H3O4P.H2O.4H/c;;1-5(2,3)4;;;;;/h;;(H3,1,2,3,4);1H2;;;;/q;+1;;;;;;-1. The molecule has 0 bridgehead atoms. The quantitative estimate of drug-likeness (QED) is 0.248. The van der Waals surface area contributed by atoms with E-state index in [0.717, 1.165) is 0 Å². The number of hydrogen-bond acceptors (Lipinski definition) is 1. The molecule has 0 amide bonds. The average Bonchev–Trinajstić information content (AvgIpc) is 0.722. The molecule has 5 nitrogen and oxygen atoms in total. The molecule has 0 saturated carbocycles. The van der Waals surface area contributed by atoms with Crippen molar-refractivity contribution in [2.75, 3.05) is 0 Å². The Kier molecular flexibility index (Phi) is 24.3. The molecule has 0 aliphatic rings. The summed E-state index contributed by atoms with van der Waals surface area (Å²) in [6.45, 7) is 0. The zero-order valence-electron chi connectivity index (χ0n) is 4.70. The van der Waals surface area contributed by atoms with E-state index < -0.39 is 7.82 Å². The molecule has 8 heavy (non-hydrogen) atoms. The van der Waals surface area contributed by atoms with Gasteiger partial charge >= 0.3 is 37.4 Å². The normalized spacial score (nSPS) is 7.38. The molecule has 0 atom stereocenters. The van der Waals surface area contributed by atoms with Gasteiger partial charge in [-0.2, -0.15) is 0 Å². The van der Waals surface area contributed by atoms with Gasteiger partial charge in [-0.05, 0) is 0 Å². The minimum absolute atomic E-state index is 0. The van der Waals surface area contributed by atoms with Gasteiger partial charge in [0.05, 0.1) is 0 Å². The maximum absolute atomic E-state index is 8.88. The van der Waals surface area contributed by atoms with Crippen molar-refractivity contribution in [3.8, 4) is 0 Å². The van der Waals surface area contributed by atoms with Crippen LogP contribution in [0.2, 0.25) is 0 Å². The van der Waals surface area contributed by atoms with Gasteiger partial charge in [0, 0.05) is 0 Å². The maximum Gasteiger partial charge on any atom is 1.00 e. The SMILES string of the molecule is O.O=P(O)(O)O.[AlH3].[H-].[Na+]. The fourth-order valence-electron chi connectivity index (χ4n) is 0. The van der Waals surface area contributed by atoms with Gasteiger partial charge in [-0.1, -0.05) is 0 Å². The fourth-order valence-corrected chi connectivity index (χ4v) is 0. The van der Waals surface area contributed by atoms with Crippen molar-refractivity contribution in [2.24, 2.45) is 0 Å². The van der Waals surface area contributed by atoms with Crippen LogP contribution in [0.15, 0.2) is 0 Å². The number of rotatable bonds is 0. The summed E-state index contributed by atoms with van der Waals surface area (Å²) in [4.78, 5) is 21.6. The van der Waals surface area contributed by atoms with Crippen LogP contribution in [-0.2, 0) is 4.57 Å². The second-order valence-electron chi connectivity index (χ2n) is 0.513. The van der Waals surface area contributed by atoms with E-state index in [4.69, 9.17) is 19.2 Å². The van der Waals surface area contributed by atoms with E-state index in [1.54, 1.807) is 0 Å². The summed E-state index contributed by atoms with van der Waals surface area (Å²) in [5.41, 5.74) is 0. The third-order valence-corrected chi connectivity index (χ3v) is 0. The molecular formula is H9AlNaO5P. The Hall–Kier alpha value is 1.60. The predicted molar refractivity (Wildman–Crippen MR) is 28.9 cm³/mol. The average molecular weight is 170 g/mol. The van der Waals surface area contributed by atoms with Crippen molar-refractivity contribution in [3.63, 3.8) is 0 Å². The first-order valence-electron chi connectivity index (χ1n) is 0.783. The smallest absolute Gasteiger partial charge is 1.00 e. The van der Waals surface area contributed by atoms with Gasteiger partial charge in [0.15, 0.2) is 17.4 Å². The zero-order chi connectivity index (χ0) is 4.50. The van der Waals surface area contributed by atoms with Crippen molar-refractivity contribution < 1.29 is 55.7 Å². The first kappa shape index (κ1) is 22.6. The van der Waals surface area contributed by atoms with Crippen LogP contribution in [0.4, 0.5) is 0 Å². The molecule has 0 saturated heterocycles. The molecule has 0 rings (SSSR count). The van der Waals surface area contributed by atoms with Crippen LogP contribution >= 0.6 is 7.82 Å². The third-order valence-electron chi connectivity index (χ3n) is 0. The van der Waals surface area contributed by atoms with Crippen molar-refractivity contribution in [1.82, 2.24) is 0 Å². The maximum atomic E-state index is 8.88. The fraction of sp³-hybridized carbons (Fsp3) is 0. The Labute approximate surface area is 80.6 Å². The number of phosphoric acid groups is 1. The van der Waals surface area contributed by atoms with Gasteiger partial charge in [0.1, 0.15) is 0 Å². The number of hydrogen-bond donors (Lipinski definition) is 3. The Morgan fingerprint density at radius 3 is 1.25 bits per heavy atom. The molecule has 0 aliphatic heterocycles. The van der Waals surface area contributed by atoms with E-state index in [2.05, 4.69) is 0 Å². The Bertz CT molecular complexity index is 63.1. The molecule has 0 heterocycles. The molecule has 0 spiro atoms. The Balaban J connectivity index is -0.0000000133. The van der Waals surface area contributed by atoms with Crippen LogP contribution in [0.3, 0.4) is 0 Å². The van der Waals surface area contributed by atoms with Gasteiger partial charge in [0.25, 0.3) is 0 Å². The third kappa shape index (κ3) is 129. The summed E-state index contributed by atoms with van der Waals surface area (Å²) >= 11 is 0. The van der Waals surface area contributed by atoms with Gasteiger partial charge in [-0.25, -0.2) is 4.57 Å². The van der Waals surface area contributed by atoms with E-state index in [0.29, 0.717) is 0 Å². The first-order chi connectivity index (χ1) is 2.00. The van der Waals surface area contributed by atoms with Crippen molar-refractivity contribution in [1.29, 1.82) is 0 Å². The monoisotopic (exact) mass is 170 g/mol. The first-order valence-corrected chi connectivity index (χ1v) is 2.35. The van der Waals surface area contributed by atoms with Gasteiger partial charge < -0.3 is 21.6 Å². The molecule has 0 radical (unpaired) electrons. The summed E-state index contributed by atoms with van der Waals surface area (Å²) in [6, 6.07) is 0. The van der Waals surface area contributed by atoms with Crippen LogP contribution in [0, 0.1) is 0 Å². The van der Waals surface area contributed by atoms with E-state index in [1.807, 2.05) is 0 Å². The molecule has 0 aromatic heterocycles. The molecule has 0 aliphatic carbocycles. The zero-order valence-corrected chi connectivity index (χ0v) is 6.59. The minimum atomic E-state index is -4.64. The van der Waals surface area contributed by atoms with E-state index in [1.165, 1.54) is 0 Å².